The fourth-order valence-electron chi connectivity index (χ4n) is 4.12. The minimum atomic E-state index is -5.28. The Morgan fingerprint density at radius 3 is 2.27 bits per heavy atom. The predicted octanol–water partition coefficient (Wildman–Crippen LogP) is 1.53. The first-order chi connectivity index (χ1) is 18.9. The van der Waals surface area contributed by atoms with Crippen LogP contribution in [-0.4, -0.2) is 56.5 Å². The summed E-state index contributed by atoms with van der Waals surface area (Å²) < 4.78 is 54.1. The van der Waals surface area contributed by atoms with E-state index in [2.05, 4.69) is 4.98 Å². The molecule has 2 aromatic carbocycles. The molecule has 10 nitrogen and oxygen atoms in total. The average molecular weight is 560 g/mol. The van der Waals surface area contributed by atoms with E-state index in [0.29, 0.717) is 15.0 Å². The second-order valence-corrected chi connectivity index (χ2v) is 8.82. The summed E-state index contributed by atoms with van der Waals surface area (Å²) in [5.74, 6) is -6.31. The van der Waals surface area contributed by atoms with Gasteiger partial charge in [-0.15, -0.1) is 0 Å². The van der Waals surface area contributed by atoms with E-state index in [1.54, 1.807) is 6.07 Å². The smallest absolute Gasteiger partial charge is 0.383 e. The van der Waals surface area contributed by atoms with Crippen molar-refractivity contribution in [2.45, 2.75) is 37.7 Å². The Morgan fingerprint density at radius 1 is 1.05 bits per heavy atom. The maximum absolute atomic E-state index is 13.5. The molecule has 1 aromatic heterocycles. The number of hydrogen-bond donors (Lipinski definition) is 2. The van der Waals surface area contributed by atoms with Gasteiger partial charge in [-0.05, 0) is 29.8 Å². The minimum Gasteiger partial charge on any atom is -0.383 e. The van der Waals surface area contributed by atoms with Crippen LogP contribution in [0.15, 0.2) is 65.6 Å². The molecule has 2 N–H and O–H groups in total. The van der Waals surface area contributed by atoms with Crippen LogP contribution in [0.1, 0.15) is 12.0 Å². The molecule has 0 spiro atoms. The van der Waals surface area contributed by atoms with Crippen molar-refractivity contribution < 1.29 is 41.8 Å². The first-order valence-corrected chi connectivity index (χ1v) is 11.7. The molecule has 14 heteroatoms. The number of aliphatic hydroxyl groups excluding tert-OH is 1. The zero-order valence-electron chi connectivity index (χ0n) is 20.4. The molecule has 3 aromatic rings. The number of ketones is 1. The Hall–Kier alpha value is -4.72. The molecule has 3 amide bonds. The van der Waals surface area contributed by atoms with Gasteiger partial charge < -0.3 is 10.4 Å². The van der Waals surface area contributed by atoms with Gasteiger partial charge in [-0.2, -0.15) is 13.2 Å². The van der Waals surface area contributed by atoms with E-state index in [4.69, 9.17) is 0 Å². The Kier molecular flexibility index (Phi) is 7.91. The SMILES string of the molecule is O=C(Cn1c(-c2ccc(F)cc2)ncc(N2C(=O)CC(O)C2=O)c1=O)NC(Cc1ccccc1)C(=O)C(F)(F)F. The summed E-state index contributed by atoms with van der Waals surface area (Å²) in [5, 5.41) is 11.7. The zero-order valence-corrected chi connectivity index (χ0v) is 20.4. The molecule has 1 aliphatic rings. The Morgan fingerprint density at radius 2 is 1.70 bits per heavy atom. The standard InChI is InChI=1S/C26H20F4N4O6/c27-16-8-6-15(7-9-16)23-31-12-18(34-21(37)11-19(35)25(34)40)24(39)33(23)13-20(36)32-17(22(38)26(28,29)30)10-14-4-2-1-3-5-14/h1-9,12,17,19,35H,10-11,13H2,(H,32,36). The van der Waals surface area contributed by atoms with Crippen molar-refractivity contribution in [1.29, 1.82) is 0 Å². The van der Waals surface area contributed by atoms with Gasteiger partial charge in [0.1, 0.15) is 36.0 Å². The van der Waals surface area contributed by atoms with E-state index in [1.165, 1.54) is 36.4 Å². The van der Waals surface area contributed by atoms with Gasteiger partial charge >= 0.3 is 6.18 Å². The highest BCUT2D eigenvalue weighted by atomic mass is 19.4. The summed E-state index contributed by atoms with van der Waals surface area (Å²) in [6.45, 7) is -0.985. The summed E-state index contributed by atoms with van der Waals surface area (Å²) in [5.41, 5.74) is -1.30. The Bertz CT molecular complexity index is 1520. The van der Waals surface area contributed by atoms with E-state index >= 15 is 0 Å². The number of carbonyl (C=O) groups is 4. The van der Waals surface area contributed by atoms with E-state index in [-0.39, 0.29) is 11.4 Å². The second kappa shape index (κ2) is 11.2. The number of halogens is 4. The van der Waals surface area contributed by atoms with Crippen molar-refractivity contribution in [3.05, 3.63) is 82.5 Å². The van der Waals surface area contributed by atoms with Crippen molar-refractivity contribution in [3.63, 3.8) is 0 Å². The molecule has 0 aliphatic carbocycles. The minimum absolute atomic E-state index is 0.115. The number of aromatic nitrogens is 2. The predicted molar refractivity (Wildman–Crippen MR) is 130 cm³/mol. The molecular formula is C26H20F4N4O6. The van der Waals surface area contributed by atoms with Crippen molar-refractivity contribution in [1.82, 2.24) is 14.9 Å². The lowest BCUT2D eigenvalue weighted by atomic mass is 10.0. The van der Waals surface area contributed by atoms with Crippen molar-refractivity contribution in [2.75, 3.05) is 4.90 Å². The van der Waals surface area contributed by atoms with Crippen LogP contribution in [0, 0.1) is 5.82 Å². The molecule has 2 unspecified atom stereocenters. The van der Waals surface area contributed by atoms with Gasteiger partial charge in [-0.1, -0.05) is 30.3 Å². The quantitative estimate of drug-likeness (QED) is 0.315. The number of imide groups is 1. The third-order valence-corrected chi connectivity index (χ3v) is 6.01. The van der Waals surface area contributed by atoms with Gasteiger partial charge in [0, 0.05) is 12.0 Å². The summed E-state index contributed by atoms with van der Waals surface area (Å²) >= 11 is 0. The number of rotatable bonds is 8. The summed E-state index contributed by atoms with van der Waals surface area (Å²) in [6, 6.07) is 10.1. The second-order valence-electron chi connectivity index (χ2n) is 8.82. The largest absolute Gasteiger partial charge is 0.452 e. The molecule has 0 saturated carbocycles. The number of nitrogens with one attached hydrogen (secondary N) is 1. The molecule has 2 atom stereocenters. The number of carbonyl (C=O) groups excluding carboxylic acids is 4. The molecule has 4 rings (SSSR count). The van der Waals surface area contributed by atoms with Gasteiger partial charge in [0.05, 0.1) is 12.6 Å². The molecule has 0 bridgehead atoms. The van der Waals surface area contributed by atoms with E-state index in [1.807, 2.05) is 5.32 Å². The molecule has 1 saturated heterocycles. The fourth-order valence-corrected chi connectivity index (χ4v) is 4.12. The third kappa shape index (κ3) is 5.96. The third-order valence-electron chi connectivity index (χ3n) is 6.01. The molecule has 40 heavy (non-hydrogen) atoms. The number of nitrogens with zero attached hydrogens (tertiary/aromatic N) is 3. The van der Waals surface area contributed by atoms with Crippen LogP contribution in [0.4, 0.5) is 23.2 Å². The average Bonchev–Trinajstić information content (AvgIpc) is 3.15. The Labute approximate surface area is 222 Å². The number of amides is 3. The van der Waals surface area contributed by atoms with E-state index < -0.39 is 78.3 Å². The van der Waals surface area contributed by atoms with Crippen LogP contribution in [-0.2, 0) is 32.1 Å². The highest BCUT2D eigenvalue weighted by Crippen LogP contribution is 2.23. The van der Waals surface area contributed by atoms with Crippen molar-refractivity contribution in [3.8, 4) is 11.4 Å². The van der Waals surface area contributed by atoms with E-state index in [0.717, 1.165) is 18.3 Å². The van der Waals surface area contributed by atoms with Crippen LogP contribution in [0.5, 0.6) is 0 Å². The molecular weight excluding hydrogens is 540 g/mol. The van der Waals surface area contributed by atoms with Gasteiger partial charge in [-0.25, -0.2) is 14.3 Å². The monoisotopic (exact) mass is 560 g/mol. The van der Waals surface area contributed by atoms with Gasteiger partial charge in [0.2, 0.25) is 11.8 Å². The fraction of sp³-hybridized carbons (Fsp3) is 0.231. The molecule has 1 fully saturated rings. The summed E-state index contributed by atoms with van der Waals surface area (Å²) in [6.07, 6.45) is -7.22. The first kappa shape index (κ1) is 28.3. The number of alkyl halides is 3. The first-order valence-electron chi connectivity index (χ1n) is 11.7. The van der Waals surface area contributed by atoms with Crippen LogP contribution in [0.3, 0.4) is 0 Å². The van der Waals surface area contributed by atoms with Crippen LogP contribution in [0.2, 0.25) is 0 Å². The lowest BCUT2D eigenvalue weighted by Crippen LogP contribution is -2.49. The van der Waals surface area contributed by atoms with Crippen molar-refractivity contribution >= 4 is 29.2 Å². The maximum atomic E-state index is 13.5. The lowest BCUT2D eigenvalue weighted by molar-refractivity contribution is -0.173. The maximum Gasteiger partial charge on any atom is 0.452 e. The number of aliphatic hydroxyl groups is 1. The zero-order chi connectivity index (χ0) is 29.2. The number of hydrogen-bond acceptors (Lipinski definition) is 7. The highest BCUT2D eigenvalue weighted by Gasteiger charge is 2.44. The van der Waals surface area contributed by atoms with Crippen LogP contribution in [0.25, 0.3) is 11.4 Å². The van der Waals surface area contributed by atoms with Crippen LogP contribution >= 0.6 is 0 Å². The topological polar surface area (TPSA) is 139 Å². The molecule has 1 aliphatic heterocycles. The summed E-state index contributed by atoms with van der Waals surface area (Å²) in [7, 11) is 0. The molecule has 208 valence electrons. The summed E-state index contributed by atoms with van der Waals surface area (Å²) in [4.78, 5) is 67.5. The normalized spacial score (nSPS) is 16.2. The van der Waals surface area contributed by atoms with Gasteiger partial charge in [-0.3, -0.25) is 28.5 Å². The molecule has 0 radical (unpaired) electrons. The molecule has 2 heterocycles. The number of Topliss-reactive ketones (excluding diaryl/α,β-unsaturated/α-hetero) is 1. The van der Waals surface area contributed by atoms with Gasteiger partial charge in [0.15, 0.2) is 0 Å². The highest BCUT2D eigenvalue weighted by molar-refractivity contribution is 6.21. The van der Waals surface area contributed by atoms with Gasteiger partial charge in [0.25, 0.3) is 17.2 Å². The van der Waals surface area contributed by atoms with E-state index in [9.17, 15) is 46.6 Å². The van der Waals surface area contributed by atoms with Crippen molar-refractivity contribution in [2.24, 2.45) is 0 Å². The number of benzene rings is 2. The lowest BCUT2D eigenvalue weighted by Gasteiger charge is -2.21. The number of anilines is 1. The Balaban J connectivity index is 1.72. The van der Waals surface area contributed by atoms with Crippen LogP contribution < -0.4 is 15.8 Å².